The van der Waals surface area contributed by atoms with Crippen LogP contribution in [0.1, 0.15) is 30.0 Å². The molecule has 2 atom stereocenters. The third kappa shape index (κ3) is 2.35. The second kappa shape index (κ2) is 4.05. The van der Waals surface area contributed by atoms with Gasteiger partial charge in [-0.25, -0.2) is 0 Å². The summed E-state index contributed by atoms with van der Waals surface area (Å²) in [5, 5.41) is 9.57. The molecule has 16 heavy (non-hydrogen) atoms. The quantitative estimate of drug-likeness (QED) is 0.847. The fraction of sp³-hybridized carbons (Fsp3) is 0.545. The molecule has 0 radical (unpaired) electrons. The molecule has 2 nitrogen and oxygen atoms in total. The van der Waals surface area contributed by atoms with Crippen molar-refractivity contribution < 1.29 is 18.3 Å². The molecule has 0 saturated carbocycles. The van der Waals surface area contributed by atoms with E-state index in [1.807, 2.05) is 6.07 Å². The van der Waals surface area contributed by atoms with Crippen LogP contribution in [0.2, 0.25) is 0 Å². The van der Waals surface area contributed by atoms with Gasteiger partial charge >= 0.3 is 6.18 Å². The van der Waals surface area contributed by atoms with Crippen LogP contribution in [0.5, 0.6) is 0 Å². The maximum Gasteiger partial charge on any atom is 0.391 e. The molecule has 1 aromatic heterocycles. The van der Waals surface area contributed by atoms with Crippen LogP contribution >= 0.6 is 0 Å². The second-order valence-corrected chi connectivity index (χ2v) is 4.08. The van der Waals surface area contributed by atoms with Gasteiger partial charge in [0.25, 0.3) is 0 Å². The number of nitrogens with zero attached hydrogens (tertiary/aromatic N) is 1. The highest BCUT2D eigenvalue weighted by molar-refractivity contribution is 5.29. The van der Waals surface area contributed by atoms with Crippen molar-refractivity contribution in [3.05, 3.63) is 29.6 Å². The largest absolute Gasteiger partial charge is 0.392 e. The molecule has 2 unspecified atom stereocenters. The van der Waals surface area contributed by atoms with Crippen molar-refractivity contribution >= 4 is 0 Å². The van der Waals surface area contributed by atoms with Gasteiger partial charge in [-0.05, 0) is 24.5 Å². The zero-order valence-electron chi connectivity index (χ0n) is 8.54. The van der Waals surface area contributed by atoms with Gasteiger partial charge in [-0.2, -0.15) is 13.2 Å². The van der Waals surface area contributed by atoms with Crippen LogP contribution in [-0.4, -0.2) is 22.4 Å². The first-order chi connectivity index (χ1) is 7.47. The summed E-state index contributed by atoms with van der Waals surface area (Å²) in [6.45, 7) is 0. The van der Waals surface area contributed by atoms with E-state index in [1.54, 1.807) is 12.3 Å². The summed E-state index contributed by atoms with van der Waals surface area (Å²) in [5.74, 6) is -0.474. The molecule has 1 heterocycles. The van der Waals surface area contributed by atoms with Crippen LogP contribution in [0.3, 0.4) is 0 Å². The topological polar surface area (TPSA) is 33.1 Å². The fourth-order valence-electron chi connectivity index (χ4n) is 2.20. The number of hydrogen-bond acceptors (Lipinski definition) is 2. The number of aromatic nitrogens is 1. The van der Waals surface area contributed by atoms with Crippen molar-refractivity contribution in [1.82, 2.24) is 4.98 Å². The molecule has 0 fully saturated rings. The SMILES string of the molecule is OC(CC(F)(F)F)C1CCc2cccnc21. The zero-order valence-corrected chi connectivity index (χ0v) is 8.54. The summed E-state index contributed by atoms with van der Waals surface area (Å²) in [7, 11) is 0. The van der Waals surface area contributed by atoms with Crippen molar-refractivity contribution in [2.24, 2.45) is 0 Å². The molecule has 5 heteroatoms. The van der Waals surface area contributed by atoms with Gasteiger partial charge in [-0.3, -0.25) is 4.98 Å². The Morgan fingerprint density at radius 1 is 1.50 bits per heavy atom. The smallest absolute Gasteiger partial charge is 0.391 e. The van der Waals surface area contributed by atoms with Gasteiger partial charge in [0.2, 0.25) is 0 Å². The molecule has 0 aromatic carbocycles. The number of aryl methyl sites for hydroxylation is 1. The summed E-state index contributed by atoms with van der Waals surface area (Å²) in [6, 6.07) is 3.61. The molecule has 2 rings (SSSR count). The average molecular weight is 231 g/mol. The van der Waals surface area contributed by atoms with Crippen molar-refractivity contribution in [3.63, 3.8) is 0 Å². The van der Waals surface area contributed by atoms with E-state index in [0.29, 0.717) is 18.5 Å². The van der Waals surface area contributed by atoms with Crippen LogP contribution in [-0.2, 0) is 6.42 Å². The molecule has 88 valence electrons. The normalized spacial score (nSPS) is 21.9. The number of rotatable bonds is 2. The van der Waals surface area contributed by atoms with E-state index in [1.165, 1.54) is 0 Å². The third-order valence-electron chi connectivity index (χ3n) is 2.91. The lowest BCUT2D eigenvalue weighted by Crippen LogP contribution is -2.25. The molecule has 0 aliphatic heterocycles. The Kier molecular flexibility index (Phi) is 2.88. The summed E-state index contributed by atoms with van der Waals surface area (Å²) in [5.41, 5.74) is 1.58. The standard InChI is InChI=1S/C11H12F3NO/c12-11(13,14)6-9(16)8-4-3-7-2-1-5-15-10(7)8/h1-2,5,8-9,16H,3-4,6H2. The van der Waals surface area contributed by atoms with E-state index in [4.69, 9.17) is 0 Å². The van der Waals surface area contributed by atoms with Crippen LogP contribution in [0.15, 0.2) is 18.3 Å². The maximum absolute atomic E-state index is 12.2. The Bertz CT molecular complexity index is 378. The minimum absolute atomic E-state index is 0.474. The van der Waals surface area contributed by atoms with Crippen molar-refractivity contribution in [2.45, 2.75) is 37.5 Å². The van der Waals surface area contributed by atoms with E-state index in [0.717, 1.165) is 5.56 Å². The number of fused-ring (bicyclic) bond motifs is 1. The van der Waals surface area contributed by atoms with Crippen molar-refractivity contribution in [1.29, 1.82) is 0 Å². The van der Waals surface area contributed by atoms with E-state index < -0.39 is 24.6 Å². The number of aliphatic hydroxyl groups is 1. The molecule has 1 aliphatic rings. The molecule has 1 aliphatic carbocycles. The number of hydrogen-bond donors (Lipinski definition) is 1. The molecular formula is C11H12F3NO. The van der Waals surface area contributed by atoms with Crippen LogP contribution in [0, 0.1) is 0 Å². The van der Waals surface area contributed by atoms with Gasteiger partial charge in [0.15, 0.2) is 0 Å². The Morgan fingerprint density at radius 3 is 2.94 bits per heavy atom. The van der Waals surface area contributed by atoms with Crippen LogP contribution < -0.4 is 0 Å². The van der Waals surface area contributed by atoms with Crippen molar-refractivity contribution in [2.75, 3.05) is 0 Å². The molecule has 1 aromatic rings. The first-order valence-electron chi connectivity index (χ1n) is 5.16. The molecule has 0 amide bonds. The Balaban J connectivity index is 2.13. The van der Waals surface area contributed by atoms with Gasteiger partial charge in [-0.1, -0.05) is 6.07 Å². The highest BCUT2D eigenvalue weighted by Gasteiger charge is 2.38. The van der Waals surface area contributed by atoms with Gasteiger partial charge in [0, 0.05) is 17.8 Å². The molecule has 0 spiro atoms. The predicted molar refractivity (Wildman–Crippen MR) is 52.0 cm³/mol. The predicted octanol–water partition coefficient (Wildman–Crippen LogP) is 2.42. The third-order valence-corrected chi connectivity index (χ3v) is 2.91. The monoisotopic (exact) mass is 231 g/mol. The van der Waals surface area contributed by atoms with Gasteiger partial charge < -0.3 is 5.11 Å². The van der Waals surface area contributed by atoms with Crippen LogP contribution in [0.25, 0.3) is 0 Å². The molecule has 0 saturated heterocycles. The minimum Gasteiger partial charge on any atom is -0.392 e. The summed E-state index contributed by atoms with van der Waals surface area (Å²) >= 11 is 0. The number of aliphatic hydroxyl groups excluding tert-OH is 1. The first-order valence-corrected chi connectivity index (χ1v) is 5.16. The molecular weight excluding hydrogens is 219 g/mol. The second-order valence-electron chi connectivity index (χ2n) is 4.08. The number of halogens is 3. The lowest BCUT2D eigenvalue weighted by atomic mass is 9.97. The van der Waals surface area contributed by atoms with Gasteiger partial charge in [0.1, 0.15) is 0 Å². The van der Waals surface area contributed by atoms with E-state index in [-0.39, 0.29) is 0 Å². The summed E-state index contributed by atoms with van der Waals surface area (Å²) in [4.78, 5) is 4.06. The molecule has 0 bridgehead atoms. The van der Waals surface area contributed by atoms with Crippen LogP contribution in [0.4, 0.5) is 13.2 Å². The average Bonchev–Trinajstić information content (AvgIpc) is 2.58. The number of pyridine rings is 1. The van der Waals surface area contributed by atoms with E-state index in [9.17, 15) is 18.3 Å². The fourth-order valence-corrected chi connectivity index (χ4v) is 2.20. The summed E-state index contributed by atoms with van der Waals surface area (Å²) < 4.78 is 36.5. The van der Waals surface area contributed by atoms with Crippen molar-refractivity contribution in [3.8, 4) is 0 Å². The Morgan fingerprint density at radius 2 is 2.25 bits per heavy atom. The van der Waals surface area contributed by atoms with Gasteiger partial charge in [-0.15, -0.1) is 0 Å². The summed E-state index contributed by atoms with van der Waals surface area (Å²) in [6.07, 6.45) is -4.06. The Hall–Kier alpha value is -1.10. The highest BCUT2D eigenvalue weighted by atomic mass is 19.4. The molecule has 1 N–H and O–H groups in total. The zero-order chi connectivity index (χ0) is 11.8. The lowest BCUT2D eigenvalue weighted by Gasteiger charge is -2.19. The van der Waals surface area contributed by atoms with E-state index in [2.05, 4.69) is 4.98 Å². The maximum atomic E-state index is 12.2. The lowest BCUT2D eigenvalue weighted by molar-refractivity contribution is -0.155. The van der Waals surface area contributed by atoms with Gasteiger partial charge in [0.05, 0.1) is 12.5 Å². The number of alkyl halides is 3. The Labute approximate surface area is 91.1 Å². The minimum atomic E-state index is -4.32. The van der Waals surface area contributed by atoms with E-state index >= 15 is 0 Å². The highest BCUT2D eigenvalue weighted by Crippen LogP contribution is 2.37. The first kappa shape index (κ1) is 11.4.